The molecule has 0 aliphatic rings. The van der Waals surface area contributed by atoms with Crippen molar-refractivity contribution in [3.05, 3.63) is 77.6 Å². The first-order valence-corrected chi connectivity index (χ1v) is 10.7. The number of anilines is 1. The van der Waals surface area contributed by atoms with E-state index < -0.39 is 0 Å². The standard InChI is InChI=1S/C24H22N2O5S/c1-28-17-8-6-16(7-9-17)23(27)26(14-19-5-4-12-31-19)24-25-21(15-32-24)20-13-18(29-2)10-11-22(20)30-3/h4-13,15H,14H2,1-3H3. The fraction of sp³-hybridized carbons (Fsp3) is 0.167. The SMILES string of the molecule is COc1ccc(C(=O)N(Cc2ccco2)c2nc(-c3cc(OC)ccc3OC)cs2)cc1. The Morgan fingerprint density at radius 3 is 2.41 bits per heavy atom. The van der Waals surface area contributed by atoms with Crippen LogP contribution in [-0.4, -0.2) is 32.2 Å². The maximum atomic E-state index is 13.4. The Bertz CT molecular complexity index is 1190. The van der Waals surface area contributed by atoms with Crippen molar-refractivity contribution in [2.75, 3.05) is 26.2 Å². The van der Waals surface area contributed by atoms with E-state index in [4.69, 9.17) is 23.6 Å². The number of hydrogen-bond acceptors (Lipinski definition) is 7. The Kier molecular flexibility index (Phi) is 6.42. The zero-order valence-corrected chi connectivity index (χ0v) is 18.7. The van der Waals surface area contributed by atoms with Gasteiger partial charge in [0.1, 0.15) is 23.0 Å². The molecule has 4 rings (SSSR count). The highest BCUT2D eigenvalue weighted by Gasteiger charge is 2.23. The first-order chi connectivity index (χ1) is 15.6. The monoisotopic (exact) mass is 450 g/mol. The van der Waals surface area contributed by atoms with Crippen molar-refractivity contribution in [3.8, 4) is 28.5 Å². The van der Waals surface area contributed by atoms with E-state index in [0.717, 1.165) is 5.56 Å². The summed E-state index contributed by atoms with van der Waals surface area (Å²) in [6, 6.07) is 16.1. The molecule has 2 aromatic heterocycles. The van der Waals surface area contributed by atoms with Crippen molar-refractivity contribution >= 4 is 22.4 Å². The Morgan fingerprint density at radius 2 is 1.75 bits per heavy atom. The smallest absolute Gasteiger partial charge is 0.260 e. The van der Waals surface area contributed by atoms with Crippen LogP contribution < -0.4 is 19.1 Å². The van der Waals surface area contributed by atoms with Gasteiger partial charge >= 0.3 is 0 Å². The second-order valence-electron chi connectivity index (χ2n) is 6.78. The molecule has 32 heavy (non-hydrogen) atoms. The van der Waals surface area contributed by atoms with E-state index in [2.05, 4.69) is 0 Å². The highest BCUT2D eigenvalue weighted by Crippen LogP contribution is 2.36. The summed E-state index contributed by atoms with van der Waals surface area (Å²) >= 11 is 1.37. The van der Waals surface area contributed by atoms with Gasteiger partial charge in [-0.2, -0.15) is 0 Å². The molecule has 4 aromatic rings. The molecule has 0 spiro atoms. The first kappa shape index (κ1) is 21.5. The van der Waals surface area contributed by atoms with E-state index in [1.165, 1.54) is 11.3 Å². The molecule has 0 unspecified atom stereocenters. The van der Waals surface area contributed by atoms with Crippen LogP contribution in [0.15, 0.2) is 70.7 Å². The van der Waals surface area contributed by atoms with E-state index in [0.29, 0.717) is 39.4 Å². The topological polar surface area (TPSA) is 74.0 Å². The van der Waals surface area contributed by atoms with Gasteiger partial charge in [0.2, 0.25) is 0 Å². The third kappa shape index (κ3) is 4.45. The van der Waals surface area contributed by atoms with Gasteiger partial charge in [0.05, 0.1) is 39.8 Å². The zero-order chi connectivity index (χ0) is 22.5. The van der Waals surface area contributed by atoms with Crippen LogP contribution in [0.1, 0.15) is 16.1 Å². The van der Waals surface area contributed by atoms with Crippen LogP contribution in [0.2, 0.25) is 0 Å². The van der Waals surface area contributed by atoms with E-state index in [9.17, 15) is 4.79 Å². The van der Waals surface area contributed by atoms with Crippen molar-refractivity contribution in [2.24, 2.45) is 0 Å². The van der Waals surface area contributed by atoms with Crippen molar-refractivity contribution in [1.82, 2.24) is 4.98 Å². The molecule has 2 aromatic carbocycles. The number of carbonyl (C=O) groups is 1. The van der Waals surface area contributed by atoms with Crippen LogP contribution in [0.25, 0.3) is 11.3 Å². The van der Waals surface area contributed by atoms with E-state index in [1.807, 2.05) is 29.6 Å². The fourth-order valence-electron chi connectivity index (χ4n) is 3.20. The van der Waals surface area contributed by atoms with Gasteiger partial charge in [-0.1, -0.05) is 0 Å². The van der Waals surface area contributed by atoms with Crippen LogP contribution in [0.5, 0.6) is 17.2 Å². The van der Waals surface area contributed by atoms with Gasteiger partial charge in [0, 0.05) is 16.5 Å². The normalized spacial score (nSPS) is 10.6. The lowest BCUT2D eigenvalue weighted by Crippen LogP contribution is -2.30. The minimum Gasteiger partial charge on any atom is -0.497 e. The third-order valence-corrected chi connectivity index (χ3v) is 5.75. The number of amides is 1. The highest BCUT2D eigenvalue weighted by molar-refractivity contribution is 7.14. The molecule has 0 saturated heterocycles. The summed E-state index contributed by atoms with van der Waals surface area (Å²) in [5, 5.41) is 2.44. The second-order valence-corrected chi connectivity index (χ2v) is 7.62. The molecule has 2 heterocycles. The number of thiazole rings is 1. The summed E-state index contributed by atoms with van der Waals surface area (Å²) in [5.41, 5.74) is 1.99. The molecule has 0 aliphatic carbocycles. The predicted molar refractivity (Wildman–Crippen MR) is 123 cm³/mol. The van der Waals surface area contributed by atoms with Gasteiger partial charge in [0.25, 0.3) is 5.91 Å². The van der Waals surface area contributed by atoms with Crippen molar-refractivity contribution < 1.29 is 23.4 Å². The molecule has 0 N–H and O–H groups in total. The van der Waals surface area contributed by atoms with Crippen LogP contribution in [0.4, 0.5) is 5.13 Å². The average molecular weight is 451 g/mol. The summed E-state index contributed by atoms with van der Waals surface area (Å²) in [6.45, 7) is 0.250. The number of nitrogens with zero attached hydrogens (tertiary/aromatic N) is 2. The summed E-state index contributed by atoms with van der Waals surface area (Å²) in [4.78, 5) is 19.8. The lowest BCUT2D eigenvalue weighted by atomic mass is 10.1. The van der Waals surface area contributed by atoms with E-state index in [1.54, 1.807) is 62.8 Å². The third-order valence-electron chi connectivity index (χ3n) is 4.88. The number of methoxy groups -OCH3 is 3. The van der Waals surface area contributed by atoms with Crippen LogP contribution in [0, 0.1) is 0 Å². The quantitative estimate of drug-likeness (QED) is 0.364. The molecule has 0 radical (unpaired) electrons. The van der Waals surface area contributed by atoms with Crippen molar-refractivity contribution in [1.29, 1.82) is 0 Å². The molecule has 0 saturated carbocycles. The molecule has 0 atom stereocenters. The predicted octanol–water partition coefficient (Wildman–Crippen LogP) is 5.28. The molecular formula is C24H22N2O5S. The van der Waals surface area contributed by atoms with Gasteiger partial charge < -0.3 is 18.6 Å². The van der Waals surface area contributed by atoms with Crippen molar-refractivity contribution in [2.45, 2.75) is 6.54 Å². The minimum atomic E-state index is -0.192. The Hall–Kier alpha value is -3.78. The molecule has 0 bridgehead atoms. The van der Waals surface area contributed by atoms with Gasteiger partial charge in [-0.3, -0.25) is 9.69 Å². The molecule has 8 heteroatoms. The molecule has 0 fully saturated rings. The molecule has 0 aliphatic heterocycles. The number of carbonyl (C=O) groups excluding carboxylic acids is 1. The Morgan fingerprint density at radius 1 is 1.00 bits per heavy atom. The lowest BCUT2D eigenvalue weighted by molar-refractivity contribution is 0.0983. The van der Waals surface area contributed by atoms with Gasteiger partial charge in [-0.05, 0) is 54.6 Å². The molecule has 1 amide bonds. The zero-order valence-electron chi connectivity index (χ0n) is 17.9. The maximum Gasteiger partial charge on any atom is 0.260 e. The Balaban J connectivity index is 1.71. The number of benzene rings is 2. The van der Waals surface area contributed by atoms with Gasteiger partial charge in [-0.15, -0.1) is 11.3 Å². The van der Waals surface area contributed by atoms with Crippen molar-refractivity contribution in [3.63, 3.8) is 0 Å². The fourth-order valence-corrected chi connectivity index (χ4v) is 4.02. The molecule has 164 valence electrons. The van der Waals surface area contributed by atoms with Crippen LogP contribution >= 0.6 is 11.3 Å². The first-order valence-electron chi connectivity index (χ1n) is 9.79. The Labute approximate surface area is 189 Å². The number of aromatic nitrogens is 1. The second kappa shape index (κ2) is 9.57. The van der Waals surface area contributed by atoms with E-state index >= 15 is 0 Å². The largest absolute Gasteiger partial charge is 0.497 e. The lowest BCUT2D eigenvalue weighted by Gasteiger charge is -2.19. The summed E-state index contributed by atoms with van der Waals surface area (Å²) in [7, 11) is 4.80. The van der Waals surface area contributed by atoms with E-state index in [-0.39, 0.29) is 12.5 Å². The van der Waals surface area contributed by atoms with Gasteiger partial charge in [0.15, 0.2) is 5.13 Å². The number of rotatable bonds is 8. The van der Waals surface area contributed by atoms with Crippen LogP contribution in [-0.2, 0) is 6.54 Å². The minimum absolute atomic E-state index is 0.192. The number of furan rings is 1. The number of hydrogen-bond donors (Lipinski definition) is 0. The van der Waals surface area contributed by atoms with Crippen LogP contribution in [0.3, 0.4) is 0 Å². The summed E-state index contributed by atoms with van der Waals surface area (Å²) in [6.07, 6.45) is 1.58. The summed E-state index contributed by atoms with van der Waals surface area (Å²) in [5.74, 6) is 2.50. The highest BCUT2D eigenvalue weighted by atomic mass is 32.1. The maximum absolute atomic E-state index is 13.4. The van der Waals surface area contributed by atoms with Gasteiger partial charge in [-0.25, -0.2) is 4.98 Å². The molecule has 7 nitrogen and oxygen atoms in total. The number of ether oxygens (including phenoxy) is 3. The molecular weight excluding hydrogens is 428 g/mol. The summed E-state index contributed by atoms with van der Waals surface area (Å²) < 4.78 is 21.5. The average Bonchev–Trinajstić information content (AvgIpc) is 3.54.